The fourth-order valence-electron chi connectivity index (χ4n) is 1.70. The third-order valence-electron chi connectivity index (χ3n) is 2.93. The van der Waals surface area contributed by atoms with E-state index in [4.69, 9.17) is 10.3 Å². The average molecular weight is 355 g/mol. The molecule has 0 fully saturated rings. The van der Waals surface area contributed by atoms with Crippen LogP contribution in [-0.2, 0) is 6.18 Å². The lowest BCUT2D eigenvalue weighted by Crippen LogP contribution is -2.09. The van der Waals surface area contributed by atoms with Crippen molar-refractivity contribution in [1.82, 2.24) is 9.97 Å². The van der Waals surface area contributed by atoms with Gasteiger partial charge >= 0.3 is 12.2 Å². The third kappa shape index (κ3) is 5.23. The van der Waals surface area contributed by atoms with E-state index in [1.165, 1.54) is 6.20 Å². The molecule has 0 radical (unpaired) electrons. The fraction of sp³-hybridized carbons (Fsp3) is 0.200. The Morgan fingerprint density at radius 3 is 2.60 bits per heavy atom. The molecule has 10 heteroatoms. The summed E-state index contributed by atoms with van der Waals surface area (Å²) in [6, 6.07) is 2.53. The van der Waals surface area contributed by atoms with E-state index >= 15 is 0 Å². The van der Waals surface area contributed by atoms with Crippen molar-refractivity contribution in [3.8, 4) is 6.01 Å². The SMILES string of the molecule is Cc1cnc(OC/C(=C/Nc2ccc(F)c(C(F)(F)F)c2)N=N)nc1. The van der Waals surface area contributed by atoms with Crippen LogP contribution in [0.1, 0.15) is 11.1 Å². The van der Waals surface area contributed by atoms with Gasteiger partial charge in [-0.25, -0.2) is 19.9 Å². The van der Waals surface area contributed by atoms with Gasteiger partial charge in [-0.1, -0.05) is 0 Å². The van der Waals surface area contributed by atoms with Gasteiger partial charge in [0, 0.05) is 24.3 Å². The summed E-state index contributed by atoms with van der Waals surface area (Å²) in [5.41, 5.74) is 6.57. The molecule has 0 saturated heterocycles. The maximum atomic E-state index is 13.2. The van der Waals surface area contributed by atoms with E-state index in [1.54, 1.807) is 19.3 Å². The van der Waals surface area contributed by atoms with Crippen LogP contribution in [0.4, 0.5) is 23.2 Å². The minimum atomic E-state index is -4.81. The van der Waals surface area contributed by atoms with Gasteiger partial charge in [0.1, 0.15) is 18.1 Å². The van der Waals surface area contributed by atoms with Crippen molar-refractivity contribution in [2.45, 2.75) is 13.1 Å². The maximum Gasteiger partial charge on any atom is 0.419 e. The van der Waals surface area contributed by atoms with Crippen LogP contribution in [0.5, 0.6) is 6.01 Å². The summed E-state index contributed by atoms with van der Waals surface area (Å²) in [4.78, 5) is 7.80. The highest BCUT2D eigenvalue weighted by molar-refractivity contribution is 5.49. The standard InChI is InChI=1S/C15H13F4N5O/c1-9-5-22-14(23-6-9)25-8-11(24-20)7-21-10-2-3-13(16)12(4-10)15(17,18)19/h2-7,20-21H,8H2,1H3/b11-7-,24-20?. The van der Waals surface area contributed by atoms with E-state index in [9.17, 15) is 17.6 Å². The molecular weight excluding hydrogens is 342 g/mol. The summed E-state index contributed by atoms with van der Waals surface area (Å²) in [5.74, 6) is -1.37. The number of ether oxygens (including phenoxy) is 1. The number of hydrogen-bond acceptors (Lipinski definition) is 6. The smallest absolute Gasteiger partial charge is 0.419 e. The molecule has 1 aromatic carbocycles. The van der Waals surface area contributed by atoms with Crippen molar-refractivity contribution in [2.75, 3.05) is 11.9 Å². The van der Waals surface area contributed by atoms with E-state index < -0.39 is 17.6 Å². The van der Waals surface area contributed by atoms with Crippen LogP contribution in [-0.4, -0.2) is 16.6 Å². The second kappa shape index (κ2) is 7.69. The molecule has 6 nitrogen and oxygen atoms in total. The Morgan fingerprint density at radius 1 is 1.32 bits per heavy atom. The summed E-state index contributed by atoms with van der Waals surface area (Å²) in [6.07, 6.45) is -0.549. The first-order valence-corrected chi connectivity index (χ1v) is 6.91. The summed E-state index contributed by atoms with van der Waals surface area (Å²) in [5, 5.41) is 5.71. The van der Waals surface area contributed by atoms with Crippen LogP contribution < -0.4 is 10.1 Å². The van der Waals surface area contributed by atoms with E-state index in [-0.39, 0.29) is 24.0 Å². The first-order valence-electron chi connectivity index (χ1n) is 6.91. The summed E-state index contributed by atoms with van der Waals surface area (Å²) >= 11 is 0. The molecule has 2 aromatic rings. The number of rotatable bonds is 6. The number of aromatic nitrogens is 2. The molecule has 0 saturated carbocycles. The normalized spacial score (nSPS) is 12.0. The average Bonchev–Trinajstić information content (AvgIpc) is 2.57. The molecule has 132 valence electrons. The van der Waals surface area contributed by atoms with Gasteiger partial charge in [-0.2, -0.15) is 18.3 Å². The Hall–Kier alpha value is -3.04. The molecule has 0 amide bonds. The van der Waals surface area contributed by atoms with Crippen molar-refractivity contribution < 1.29 is 22.3 Å². The lowest BCUT2D eigenvalue weighted by Gasteiger charge is -2.10. The molecule has 0 aliphatic heterocycles. The summed E-state index contributed by atoms with van der Waals surface area (Å²) in [7, 11) is 0. The number of aryl methyl sites for hydroxylation is 1. The topological polar surface area (TPSA) is 83.2 Å². The number of alkyl halides is 3. The number of nitrogens with zero attached hydrogens (tertiary/aromatic N) is 3. The van der Waals surface area contributed by atoms with Crippen molar-refractivity contribution in [3.05, 3.63) is 59.4 Å². The second-order valence-electron chi connectivity index (χ2n) is 4.92. The molecule has 0 unspecified atom stereocenters. The van der Waals surface area contributed by atoms with Gasteiger partial charge in [0.05, 0.1) is 5.56 Å². The molecule has 0 spiro atoms. The van der Waals surface area contributed by atoms with Crippen LogP contribution in [0.3, 0.4) is 0 Å². The second-order valence-corrected chi connectivity index (χ2v) is 4.92. The number of hydrogen-bond donors (Lipinski definition) is 2. The minimum Gasteiger partial charge on any atom is -0.457 e. The van der Waals surface area contributed by atoms with Crippen LogP contribution in [0.25, 0.3) is 0 Å². The molecule has 2 N–H and O–H groups in total. The van der Waals surface area contributed by atoms with Gasteiger partial charge in [-0.05, 0) is 30.7 Å². The maximum absolute atomic E-state index is 13.2. The highest BCUT2D eigenvalue weighted by Gasteiger charge is 2.34. The fourth-order valence-corrected chi connectivity index (χ4v) is 1.70. The van der Waals surface area contributed by atoms with Gasteiger partial charge in [0.2, 0.25) is 0 Å². The highest BCUT2D eigenvalue weighted by Crippen LogP contribution is 2.33. The first-order chi connectivity index (χ1) is 11.8. The van der Waals surface area contributed by atoms with Crippen molar-refractivity contribution in [2.24, 2.45) is 5.11 Å². The van der Waals surface area contributed by atoms with E-state index in [2.05, 4.69) is 20.4 Å². The Labute approximate surface area is 140 Å². The Balaban J connectivity index is 2.05. The van der Waals surface area contributed by atoms with Gasteiger partial charge < -0.3 is 10.1 Å². The van der Waals surface area contributed by atoms with Gasteiger partial charge in [0.15, 0.2) is 0 Å². The first kappa shape index (κ1) is 18.3. The molecule has 0 bridgehead atoms. The van der Waals surface area contributed by atoms with Crippen molar-refractivity contribution in [1.29, 1.82) is 5.53 Å². The number of anilines is 1. The van der Waals surface area contributed by atoms with Crippen molar-refractivity contribution in [3.63, 3.8) is 0 Å². The quantitative estimate of drug-likeness (QED) is 0.598. The molecule has 0 atom stereocenters. The van der Waals surface area contributed by atoms with Crippen LogP contribution in [0.15, 0.2) is 47.6 Å². The molecule has 0 aliphatic carbocycles. The Bertz CT molecular complexity index is 774. The zero-order chi connectivity index (χ0) is 18.4. The number of benzene rings is 1. The van der Waals surface area contributed by atoms with E-state index in [0.29, 0.717) is 12.1 Å². The molecule has 2 rings (SSSR count). The Kier molecular flexibility index (Phi) is 5.63. The molecule has 25 heavy (non-hydrogen) atoms. The van der Waals surface area contributed by atoms with Crippen LogP contribution in [0.2, 0.25) is 0 Å². The lowest BCUT2D eigenvalue weighted by atomic mass is 10.2. The van der Waals surface area contributed by atoms with Crippen molar-refractivity contribution >= 4 is 5.69 Å². The lowest BCUT2D eigenvalue weighted by molar-refractivity contribution is -0.139. The monoisotopic (exact) mass is 355 g/mol. The minimum absolute atomic E-state index is 0.0125. The van der Waals surface area contributed by atoms with Crippen LogP contribution >= 0.6 is 0 Å². The highest BCUT2D eigenvalue weighted by atomic mass is 19.4. The number of halogens is 4. The molecule has 1 aromatic heterocycles. The van der Waals surface area contributed by atoms with Gasteiger partial charge in [-0.3, -0.25) is 0 Å². The predicted octanol–water partition coefficient (Wildman–Crippen LogP) is 4.31. The summed E-state index contributed by atoms with van der Waals surface area (Å²) in [6.45, 7) is 1.63. The molecule has 0 aliphatic rings. The zero-order valence-corrected chi connectivity index (χ0v) is 12.9. The van der Waals surface area contributed by atoms with Gasteiger partial charge in [0.25, 0.3) is 0 Å². The van der Waals surface area contributed by atoms with Crippen LogP contribution in [0, 0.1) is 18.3 Å². The van der Waals surface area contributed by atoms with E-state index in [1.807, 2.05) is 0 Å². The molecule has 1 heterocycles. The third-order valence-corrected chi connectivity index (χ3v) is 2.93. The predicted molar refractivity (Wildman–Crippen MR) is 80.5 cm³/mol. The zero-order valence-electron chi connectivity index (χ0n) is 12.9. The summed E-state index contributed by atoms with van der Waals surface area (Å²) < 4.78 is 56.4. The largest absolute Gasteiger partial charge is 0.457 e. The van der Waals surface area contributed by atoms with E-state index in [0.717, 1.165) is 11.6 Å². The Morgan fingerprint density at radius 2 is 2.00 bits per heavy atom. The molecular formula is C15H13F4N5O. The number of nitrogens with one attached hydrogen (secondary N) is 2. The van der Waals surface area contributed by atoms with Gasteiger partial charge in [-0.15, -0.1) is 0 Å².